The summed E-state index contributed by atoms with van der Waals surface area (Å²) < 4.78 is 3.39. The number of imidazole rings is 1. The van der Waals surface area contributed by atoms with Crippen LogP contribution in [0, 0.1) is 0 Å². The van der Waals surface area contributed by atoms with Gasteiger partial charge in [-0.25, -0.2) is 9.89 Å². The van der Waals surface area contributed by atoms with Crippen LogP contribution in [0.1, 0.15) is 31.5 Å². The lowest BCUT2D eigenvalue weighted by molar-refractivity contribution is 0.653. The maximum absolute atomic E-state index is 12.8. The van der Waals surface area contributed by atoms with Gasteiger partial charge in [0.15, 0.2) is 5.82 Å². The zero-order chi connectivity index (χ0) is 21.1. The van der Waals surface area contributed by atoms with Gasteiger partial charge in [0.25, 0.3) is 0 Å². The number of nitrogens with one attached hydrogen (secondary N) is 1. The third-order valence-electron chi connectivity index (χ3n) is 5.04. The van der Waals surface area contributed by atoms with Crippen molar-refractivity contribution >= 4 is 11.6 Å². The second kappa shape index (κ2) is 8.62. The Morgan fingerprint density at radius 2 is 1.90 bits per heavy atom. The molecule has 154 valence electrons. The van der Waals surface area contributed by atoms with E-state index in [0.29, 0.717) is 24.1 Å². The molecule has 0 unspecified atom stereocenters. The van der Waals surface area contributed by atoms with Crippen LogP contribution in [0.3, 0.4) is 0 Å². The molecule has 3 aromatic heterocycles. The standard InChI is InChI=1S/C21H22ClN7O/c1-3-6-17-19(22)28(4-2)21(30)29(17)13-14-8-10-15(11-9-14)18-16(7-5-12-23-18)20-24-26-27-25-20/h5,7-12H,3-4,6,13H2,1-2H3,(H,24,25,26,27). The number of benzene rings is 1. The van der Waals surface area contributed by atoms with Crippen molar-refractivity contribution in [1.29, 1.82) is 0 Å². The van der Waals surface area contributed by atoms with Crippen molar-refractivity contribution in [2.24, 2.45) is 0 Å². The van der Waals surface area contributed by atoms with E-state index in [1.807, 2.05) is 43.3 Å². The van der Waals surface area contributed by atoms with Gasteiger partial charge in [-0.2, -0.15) is 0 Å². The fourth-order valence-electron chi connectivity index (χ4n) is 3.57. The molecule has 0 saturated carbocycles. The molecular formula is C21H22ClN7O. The smallest absolute Gasteiger partial charge is 0.290 e. The van der Waals surface area contributed by atoms with Gasteiger partial charge in [0.2, 0.25) is 0 Å². The Balaban J connectivity index is 1.66. The highest BCUT2D eigenvalue weighted by Crippen LogP contribution is 2.28. The monoisotopic (exact) mass is 423 g/mol. The number of aromatic nitrogens is 7. The third kappa shape index (κ3) is 3.66. The summed E-state index contributed by atoms with van der Waals surface area (Å²) >= 11 is 6.47. The molecule has 8 nitrogen and oxygen atoms in total. The first-order valence-electron chi connectivity index (χ1n) is 9.90. The van der Waals surface area contributed by atoms with E-state index in [1.165, 1.54) is 0 Å². The van der Waals surface area contributed by atoms with Crippen molar-refractivity contribution in [2.75, 3.05) is 0 Å². The lowest BCUT2D eigenvalue weighted by atomic mass is 10.0. The van der Waals surface area contributed by atoms with E-state index >= 15 is 0 Å². The average Bonchev–Trinajstić information content (AvgIpc) is 3.38. The van der Waals surface area contributed by atoms with Crippen molar-refractivity contribution in [3.63, 3.8) is 0 Å². The molecule has 0 atom stereocenters. The lowest BCUT2D eigenvalue weighted by Crippen LogP contribution is -2.25. The van der Waals surface area contributed by atoms with Gasteiger partial charge in [-0.15, -0.1) is 5.10 Å². The molecule has 0 spiro atoms. The summed E-state index contributed by atoms with van der Waals surface area (Å²) in [7, 11) is 0. The normalized spacial score (nSPS) is 11.2. The molecule has 4 aromatic rings. The fraction of sp³-hybridized carbons (Fsp3) is 0.286. The molecule has 1 N–H and O–H groups in total. The second-order valence-electron chi connectivity index (χ2n) is 6.95. The molecule has 0 fully saturated rings. The average molecular weight is 424 g/mol. The summed E-state index contributed by atoms with van der Waals surface area (Å²) in [5, 5.41) is 14.6. The molecule has 0 amide bonds. The minimum Gasteiger partial charge on any atom is -0.290 e. The van der Waals surface area contributed by atoms with Gasteiger partial charge >= 0.3 is 5.69 Å². The van der Waals surface area contributed by atoms with Gasteiger partial charge in [0, 0.05) is 23.9 Å². The summed E-state index contributed by atoms with van der Waals surface area (Å²) in [6.45, 7) is 5.04. The summed E-state index contributed by atoms with van der Waals surface area (Å²) in [4.78, 5) is 17.3. The van der Waals surface area contributed by atoms with Gasteiger partial charge in [0.05, 0.1) is 17.9 Å². The van der Waals surface area contributed by atoms with Crippen LogP contribution in [-0.4, -0.2) is 34.7 Å². The minimum atomic E-state index is -0.0696. The van der Waals surface area contributed by atoms with E-state index in [4.69, 9.17) is 11.6 Å². The minimum absolute atomic E-state index is 0.0696. The number of hydrogen-bond acceptors (Lipinski definition) is 5. The van der Waals surface area contributed by atoms with E-state index in [2.05, 4.69) is 32.5 Å². The van der Waals surface area contributed by atoms with Gasteiger partial charge < -0.3 is 0 Å². The predicted octanol–water partition coefficient (Wildman–Crippen LogP) is 3.57. The number of aromatic amines is 1. The van der Waals surface area contributed by atoms with E-state index < -0.39 is 0 Å². The Hall–Kier alpha value is -3.26. The van der Waals surface area contributed by atoms with Crippen molar-refractivity contribution < 1.29 is 0 Å². The molecule has 0 radical (unpaired) electrons. The molecule has 0 bridgehead atoms. The summed E-state index contributed by atoms with van der Waals surface area (Å²) in [6, 6.07) is 11.8. The van der Waals surface area contributed by atoms with Crippen LogP contribution in [0.2, 0.25) is 5.15 Å². The molecule has 9 heteroatoms. The Labute approximate surface area is 178 Å². The van der Waals surface area contributed by atoms with E-state index in [-0.39, 0.29) is 5.69 Å². The van der Waals surface area contributed by atoms with Gasteiger partial charge in [0.1, 0.15) is 5.15 Å². The number of tetrazole rings is 1. The van der Waals surface area contributed by atoms with Crippen LogP contribution in [0.4, 0.5) is 0 Å². The van der Waals surface area contributed by atoms with Crippen molar-refractivity contribution in [1.82, 2.24) is 34.7 Å². The molecule has 30 heavy (non-hydrogen) atoms. The molecule has 0 aliphatic rings. The molecule has 0 aliphatic heterocycles. The molecule has 3 heterocycles. The highest BCUT2D eigenvalue weighted by atomic mass is 35.5. The largest absolute Gasteiger partial charge is 0.329 e. The Bertz CT molecular complexity index is 1190. The Morgan fingerprint density at radius 3 is 2.57 bits per heavy atom. The molecule has 1 aromatic carbocycles. The van der Waals surface area contributed by atoms with Gasteiger partial charge in [-0.05, 0) is 41.5 Å². The molecular weight excluding hydrogens is 402 g/mol. The number of pyridine rings is 1. The molecule has 0 saturated heterocycles. The Kier molecular flexibility index (Phi) is 5.76. The summed E-state index contributed by atoms with van der Waals surface area (Å²) in [6.07, 6.45) is 3.43. The SMILES string of the molecule is CCCc1c(Cl)n(CC)c(=O)n1Cc1ccc(-c2ncccc2-c2nnn[nH]2)cc1. The number of halogens is 1. The first kappa shape index (κ1) is 20.0. The first-order chi connectivity index (χ1) is 14.6. The van der Waals surface area contributed by atoms with Crippen molar-refractivity contribution in [2.45, 2.75) is 39.8 Å². The highest BCUT2D eigenvalue weighted by molar-refractivity contribution is 6.30. The van der Waals surface area contributed by atoms with E-state index in [1.54, 1.807) is 15.3 Å². The predicted molar refractivity (Wildman–Crippen MR) is 115 cm³/mol. The van der Waals surface area contributed by atoms with E-state index in [9.17, 15) is 4.79 Å². The zero-order valence-electron chi connectivity index (χ0n) is 16.8. The Morgan fingerprint density at radius 1 is 1.10 bits per heavy atom. The first-order valence-corrected chi connectivity index (χ1v) is 10.3. The van der Waals surface area contributed by atoms with Crippen LogP contribution in [0.5, 0.6) is 0 Å². The van der Waals surface area contributed by atoms with Crippen molar-refractivity contribution in [3.05, 3.63) is 69.5 Å². The maximum atomic E-state index is 12.8. The fourth-order valence-corrected chi connectivity index (χ4v) is 3.96. The summed E-state index contributed by atoms with van der Waals surface area (Å²) in [5.41, 5.74) is 4.38. The van der Waals surface area contributed by atoms with Crippen LogP contribution in [0.25, 0.3) is 22.6 Å². The lowest BCUT2D eigenvalue weighted by Gasteiger charge is -2.09. The highest BCUT2D eigenvalue weighted by Gasteiger charge is 2.17. The quantitative estimate of drug-likeness (QED) is 0.490. The summed E-state index contributed by atoms with van der Waals surface area (Å²) in [5.74, 6) is 0.563. The number of H-pyrrole nitrogens is 1. The van der Waals surface area contributed by atoms with Gasteiger partial charge in [-0.1, -0.05) is 49.2 Å². The number of nitrogens with zero attached hydrogens (tertiary/aromatic N) is 6. The molecule has 4 rings (SSSR count). The topological polar surface area (TPSA) is 94.3 Å². The maximum Gasteiger partial charge on any atom is 0.329 e. The van der Waals surface area contributed by atoms with Crippen molar-refractivity contribution in [3.8, 4) is 22.6 Å². The third-order valence-corrected chi connectivity index (χ3v) is 5.46. The van der Waals surface area contributed by atoms with Crippen LogP contribution in [-0.2, 0) is 19.5 Å². The van der Waals surface area contributed by atoms with E-state index in [0.717, 1.165) is 40.9 Å². The number of rotatable bonds is 7. The zero-order valence-corrected chi connectivity index (χ0v) is 17.6. The second-order valence-corrected chi connectivity index (χ2v) is 7.30. The molecule has 0 aliphatic carbocycles. The number of hydrogen-bond donors (Lipinski definition) is 1. The van der Waals surface area contributed by atoms with Crippen LogP contribution < -0.4 is 5.69 Å². The van der Waals surface area contributed by atoms with Crippen LogP contribution >= 0.6 is 11.6 Å². The van der Waals surface area contributed by atoms with Gasteiger partial charge in [-0.3, -0.25) is 14.1 Å². The van der Waals surface area contributed by atoms with Crippen LogP contribution in [0.15, 0.2) is 47.4 Å².